The van der Waals surface area contributed by atoms with Gasteiger partial charge in [-0.3, -0.25) is 9.59 Å². The molecule has 0 unspecified atom stereocenters. The lowest BCUT2D eigenvalue weighted by molar-refractivity contribution is -0.126. The van der Waals surface area contributed by atoms with Gasteiger partial charge in [0.1, 0.15) is 11.6 Å². The number of nitrogens with one attached hydrogen (secondary N) is 2. The van der Waals surface area contributed by atoms with Gasteiger partial charge in [0.05, 0.1) is 12.5 Å². The Morgan fingerprint density at radius 2 is 2.24 bits per heavy atom. The van der Waals surface area contributed by atoms with Crippen molar-refractivity contribution in [3.05, 3.63) is 52.9 Å². The monoisotopic (exact) mass is 340 g/mol. The Morgan fingerprint density at radius 3 is 3.12 bits per heavy atom. The number of aryl methyl sites for hydroxylation is 2. The number of halogens is 1. The average Bonchev–Trinajstić information content (AvgIpc) is 3.07. The van der Waals surface area contributed by atoms with Gasteiger partial charge in [-0.25, -0.2) is 14.4 Å². The van der Waals surface area contributed by atoms with Gasteiger partial charge in [0.15, 0.2) is 0 Å². The molecule has 7 heteroatoms. The molecule has 0 bridgehead atoms. The number of nitrogens with zero attached hydrogens (tertiary/aromatic N) is 2. The number of aromatic nitrogens is 2. The number of amides is 2. The minimum atomic E-state index is -0.714. The summed E-state index contributed by atoms with van der Waals surface area (Å²) in [6, 6.07) is 4.04. The number of anilines is 1. The summed E-state index contributed by atoms with van der Waals surface area (Å²) < 4.78 is 13.5. The summed E-state index contributed by atoms with van der Waals surface area (Å²) in [6.07, 6.45) is 4.83. The molecule has 6 nitrogen and oxygen atoms in total. The summed E-state index contributed by atoms with van der Waals surface area (Å²) in [7, 11) is 0. The molecule has 2 N–H and O–H groups in total. The van der Waals surface area contributed by atoms with Crippen LogP contribution in [0, 0.1) is 5.82 Å². The summed E-state index contributed by atoms with van der Waals surface area (Å²) in [4.78, 5) is 33.1. The average molecular weight is 340 g/mol. The van der Waals surface area contributed by atoms with Crippen molar-refractivity contribution in [3.8, 4) is 0 Å². The highest BCUT2D eigenvalue weighted by Gasteiger charge is 2.31. The lowest BCUT2D eigenvalue weighted by Gasteiger charge is -2.24. The highest BCUT2D eigenvalue weighted by atomic mass is 19.1. The van der Waals surface area contributed by atoms with Crippen molar-refractivity contribution >= 4 is 17.5 Å². The maximum Gasteiger partial charge on any atom is 0.228 e. The lowest BCUT2D eigenvalue weighted by Crippen LogP contribution is -2.35. The van der Waals surface area contributed by atoms with Crippen molar-refractivity contribution in [2.24, 2.45) is 0 Å². The van der Waals surface area contributed by atoms with Crippen LogP contribution in [-0.2, 0) is 29.0 Å². The molecule has 0 radical (unpaired) electrons. The second kappa shape index (κ2) is 6.23. The number of hydrogen-bond donors (Lipinski definition) is 2. The third kappa shape index (κ3) is 3.09. The van der Waals surface area contributed by atoms with Crippen LogP contribution in [0.1, 0.15) is 41.4 Å². The molecule has 2 heterocycles. The van der Waals surface area contributed by atoms with E-state index in [0.29, 0.717) is 17.1 Å². The fourth-order valence-corrected chi connectivity index (χ4v) is 3.40. The Bertz CT molecular complexity index is 868. The first-order valence-corrected chi connectivity index (χ1v) is 8.31. The molecular weight excluding hydrogens is 323 g/mol. The minimum absolute atomic E-state index is 0.00662. The summed E-state index contributed by atoms with van der Waals surface area (Å²) >= 11 is 0. The van der Waals surface area contributed by atoms with Gasteiger partial charge in [-0.2, -0.15) is 0 Å². The molecule has 1 aromatic heterocycles. The number of benzene rings is 1. The van der Waals surface area contributed by atoms with Crippen LogP contribution in [0.3, 0.4) is 0 Å². The van der Waals surface area contributed by atoms with E-state index in [-0.39, 0.29) is 24.8 Å². The van der Waals surface area contributed by atoms with Crippen molar-refractivity contribution < 1.29 is 14.0 Å². The zero-order valence-electron chi connectivity index (χ0n) is 13.5. The number of carbonyl (C=O) groups excluding carboxylic acids is 2. The van der Waals surface area contributed by atoms with Crippen molar-refractivity contribution in [2.75, 3.05) is 5.32 Å². The van der Waals surface area contributed by atoms with Gasteiger partial charge in [-0.05, 0) is 48.6 Å². The molecule has 128 valence electrons. The SMILES string of the molecule is O=C1C[C@@H](C(=O)NCc2ncc3c(n2)CCC3)c2cc(F)ccc2N1. The fourth-order valence-electron chi connectivity index (χ4n) is 3.40. The molecule has 0 spiro atoms. The lowest BCUT2D eigenvalue weighted by atomic mass is 9.89. The van der Waals surface area contributed by atoms with E-state index in [1.165, 1.54) is 23.8 Å². The van der Waals surface area contributed by atoms with E-state index in [9.17, 15) is 14.0 Å². The van der Waals surface area contributed by atoms with Crippen LogP contribution in [-0.4, -0.2) is 21.8 Å². The molecule has 1 aliphatic carbocycles. The summed E-state index contributed by atoms with van der Waals surface area (Å²) in [5, 5.41) is 5.44. The predicted molar refractivity (Wildman–Crippen MR) is 88.3 cm³/mol. The predicted octanol–water partition coefficient (Wildman–Crippen LogP) is 1.85. The van der Waals surface area contributed by atoms with Gasteiger partial charge < -0.3 is 10.6 Å². The summed E-state index contributed by atoms with van der Waals surface area (Å²) in [5.41, 5.74) is 3.19. The molecule has 0 saturated carbocycles. The maximum absolute atomic E-state index is 13.5. The molecule has 0 saturated heterocycles. The Hall–Kier alpha value is -2.83. The fraction of sp³-hybridized carbons (Fsp3) is 0.333. The highest BCUT2D eigenvalue weighted by molar-refractivity contribution is 6.01. The normalized spacial score (nSPS) is 18.3. The Kier molecular flexibility index (Phi) is 3.91. The van der Waals surface area contributed by atoms with Crippen molar-refractivity contribution in [2.45, 2.75) is 38.1 Å². The van der Waals surface area contributed by atoms with Crippen molar-refractivity contribution in [3.63, 3.8) is 0 Å². The van der Waals surface area contributed by atoms with E-state index in [4.69, 9.17) is 0 Å². The molecule has 25 heavy (non-hydrogen) atoms. The van der Waals surface area contributed by atoms with Gasteiger partial charge in [0.2, 0.25) is 11.8 Å². The molecule has 1 aliphatic heterocycles. The van der Waals surface area contributed by atoms with Crippen LogP contribution >= 0.6 is 0 Å². The second-order valence-electron chi connectivity index (χ2n) is 6.37. The Balaban J connectivity index is 1.50. The van der Waals surface area contributed by atoms with Gasteiger partial charge in [0.25, 0.3) is 0 Å². The quantitative estimate of drug-likeness (QED) is 0.893. The van der Waals surface area contributed by atoms with Gasteiger partial charge in [-0.1, -0.05) is 0 Å². The third-order valence-electron chi connectivity index (χ3n) is 4.65. The number of hydrogen-bond acceptors (Lipinski definition) is 4. The van der Waals surface area contributed by atoms with Crippen molar-refractivity contribution in [1.82, 2.24) is 15.3 Å². The van der Waals surface area contributed by atoms with E-state index in [1.807, 2.05) is 6.20 Å². The molecule has 1 aromatic carbocycles. The summed E-state index contributed by atoms with van der Waals surface area (Å²) in [6.45, 7) is 0.189. The smallest absolute Gasteiger partial charge is 0.228 e. The van der Waals surface area contributed by atoms with Crippen LogP contribution in [0.2, 0.25) is 0 Å². The molecule has 2 aromatic rings. The number of fused-ring (bicyclic) bond motifs is 2. The molecule has 2 amide bonds. The van der Waals surface area contributed by atoms with E-state index >= 15 is 0 Å². The molecule has 0 fully saturated rings. The first-order chi connectivity index (χ1) is 12.1. The highest BCUT2D eigenvalue weighted by Crippen LogP contribution is 2.32. The minimum Gasteiger partial charge on any atom is -0.348 e. The van der Waals surface area contributed by atoms with Crippen LogP contribution in [0.25, 0.3) is 0 Å². The van der Waals surface area contributed by atoms with Crippen molar-refractivity contribution in [1.29, 1.82) is 0 Å². The largest absolute Gasteiger partial charge is 0.348 e. The van der Waals surface area contributed by atoms with Crippen LogP contribution in [0.5, 0.6) is 0 Å². The van der Waals surface area contributed by atoms with Crippen LogP contribution < -0.4 is 10.6 Å². The number of carbonyl (C=O) groups is 2. The second-order valence-corrected chi connectivity index (χ2v) is 6.37. The Morgan fingerprint density at radius 1 is 1.36 bits per heavy atom. The third-order valence-corrected chi connectivity index (χ3v) is 4.65. The maximum atomic E-state index is 13.5. The standard InChI is InChI=1S/C18H17FN4O2/c19-11-4-5-15-12(6-11)13(7-17(24)23-15)18(25)21-9-16-20-8-10-2-1-3-14(10)22-16/h4-6,8,13H,1-3,7,9H2,(H,21,25)(H,23,24)/t13-/m1/s1. The molecule has 2 aliphatic rings. The molecular formula is C18H17FN4O2. The van der Waals surface area contributed by atoms with E-state index in [1.54, 1.807) is 0 Å². The number of rotatable bonds is 3. The first kappa shape index (κ1) is 15.7. The zero-order valence-corrected chi connectivity index (χ0v) is 13.5. The Labute approximate surface area is 143 Å². The van der Waals surface area contributed by atoms with E-state index in [2.05, 4.69) is 20.6 Å². The van der Waals surface area contributed by atoms with Gasteiger partial charge in [-0.15, -0.1) is 0 Å². The topological polar surface area (TPSA) is 84.0 Å². The molecule has 4 rings (SSSR count). The molecule has 1 atom stereocenters. The van der Waals surface area contributed by atoms with Crippen LogP contribution in [0.4, 0.5) is 10.1 Å². The zero-order chi connectivity index (χ0) is 17.4. The summed E-state index contributed by atoms with van der Waals surface area (Å²) in [5.74, 6) is -1.18. The van der Waals surface area contributed by atoms with Gasteiger partial charge >= 0.3 is 0 Å². The van der Waals surface area contributed by atoms with E-state index < -0.39 is 11.7 Å². The van der Waals surface area contributed by atoms with Crippen LogP contribution in [0.15, 0.2) is 24.4 Å². The first-order valence-electron chi connectivity index (χ1n) is 8.31. The van der Waals surface area contributed by atoms with Gasteiger partial charge in [0, 0.05) is 24.0 Å². The van der Waals surface area contributed by atoms with E-state index in [0.717, 1.165) is 25.0 Å².